The molecule has 1 amide bonds. The van der Waals surface area contributed by atoms with E-state index in [0.717, 1.165) is 23.3 Å². The summed E-state index contributed by atoms with van der Waals surface area (Å²) in [6.45, 7) is 5.22. The molecule has 0 bridgehead atoms. The fraction of sp³-hybridized carbons (Fsp3) is 0.300. The van der Waals surface area contributed by atoms with Gasteiger partial charge >= 0.3 is 12.1 Å². The van der Waals surface area contributed by atoms with Gasteiger partial charge < -0.3 is 10.1 Å². The quantitative estimate of drug-likeness (QED) is 0.749. The lowest BCUT2D eigenvalue weighted by molar-refractivity contribution is -0.137. The van der Waals surface area contributed by atoms with Crippen LogP contribution in [0.4, 0.5) is 18.9 Å². The molecule has 4 nitrogen and oxygen atoms in total. The van der Waals surface area contributed by atoms with Crippen LogP contribution in [-0.4, -0.2) is 18.5 Å². The zero-order valence-electron chi connectivity index (χ0n) is 15.2. The number of amides is 1. The van der Waals surface area contributed by atoms with Gasteiger partial charge in [-0.3, -0.25) is 4.79 Å². The third kappa shape index (κ3) is 5.32. The molecule has 0 aromatic heterocycles. The van der Waals surface area contributed by atoms with Crippen molar-refractivity contribution >= 4 is 17.6 Å². The van der Waals surface area contributed by atoms with Crippen molar-refractivity contribution in [1.29, 1.82) is 0 Å². The molecule has 0 heterocycles. The monoisotopic (exact) mass is 379 g/mol. The molecule has 2 aromatic rings. The predicted molar refractivity (Wildman–Crippen MR) is 95.6 cm³/mol. The van der Waals surface area contributed by atoms with Gasteiger partial charge in [0.15, 0.2) is 6.61 Å². The minimum atomic E-state index is -4.56. The Hall–Kier alpha value is -2.83. The van der Waals surface area contributed by atoms with E-state index in [4.69, 9.17) is 4.74 Å². The van der Waals surface area contributed by atoms with Gasteiger partial charge in [-0.25, -0.2) is 4.79 Å². The number of alkyl halides is 3. The lowest BCUT2D eigenvalue weighted by atomic mass is 9.98. The lowest BCUT2D eigenvalue weighted by Gasteiger charge is -2.16. The zero-order valence-corrected chi connectivity index (χ0v) is 15.2. The smallest absolute Gasteiger partial charge is 0.416 e. The Bertz CT molecular complexity index is 845. The second kappa shape index (κ2) is 8.24. The van der Waals surface area contributed by atoms with Crippen LogP contribution in [0.5, 0.6) is 0 Å². The van der Waals surface area contributed by atoms with Crippen molar-refractivity contribution in [2.75, 3.05) is 11.9 Å². The molecule has 0 aliphatic rings. The largest absolute Gasteiger partial charge is 0.452 e. The number of hydrogen-bond acceptors (Lipinski definition) is 3. The van der Waals surface area contributed by atoms with Gasteiger partial charge in [0.1, 0.15) is 0 Å². The average molecular weight is 379 g/mol. The van der Waals surface area contributed by atoms with Gasteiger partial charge in [0, 0.05) is 5.69 Å². The van der Waals surface area contributed by atoms with E-state index >= 15 is 0 Å². The summed E-state index contributed by atoms with van der Waals surface area (Å²) in [7, 11) is 0. The van der Waals surface area contributed by atoms with Crippen LogP contribution < -0.4 is 5.32 Å². The number of esters is 1. The van der Waals surface area contributed by atoms with Crippen molar-refractivity contribution in [1.82, 2.24) is 0 Å². The first-order chi connectivity index (χ1) is 12.6. The van der Waals surface area contributed by atoms with Gasteiger partial charge in [0.05, 0.1) is 11.1 Å². The topological polar surface area (TPSA) is 55.4 Å². The molecule has 0 atom stereocenters. The Morgan fingerprint density at radius 2 is 1.78 bits per heavy atom. The SMILES string of the molecule is Cc1cccc(C(C)C)c1NC(=O)COC(=O)c1cccc(C(F)(F)F)c1. The zero-order chi connectivity index (χ0) is 20.2. The molecule has 2 rings (SSSR count). The highest BCUT2D eigenvalue weighted by Crippen LogP contribution is 2.30. The van der Waals surface area contributed by atoms with Crippen molar-refractivity contribution in [3.05, 3.63) is 64.7 Å². The number of carbonyl (C=O) groups is 2. The molecule has 144 valence electrons. The molecule has 0 saturated heterocycles. The molecule has 0 aliphatic carbocycles. The Morgan fingerprint density at radius 3 is 2.41 bits per heavy atom. The van der Waals surface area contributed by atoms with Crippen LogP contribution in [0.15, 0.2) is 42.5 Å². The lowest BCUT2D eigenvalue weighted by Crippen LogP contribution is -2.22. The van der Waals surface area contributed by atoms with E-state index in [0.29, 0.717) is 11.8 Å². The fourth-order valence-corrected chi connectivity index (χ4v) is 2.55. The maximum atomic E-state index is 12.7. The summed E-state index contributed by atoms with van der Waals surface area (Å²) in [5, 5.41) is 2.71. The number of hydrogen-bond donors (Lipinski definition) is 1. The summed E-state index contributed by atoms with van der Waals surface area (Å²) in [6, 6.07) is 9.48. The Morgan fingerprint density at radius 1 is 1.11 bits per heavy atom. The van der Waals surface area contributed by atoms with E-state index in [2.05, 4.69) is 5.32 Å². The van der Waals surface area contributed by atoms with Crippen LogP contribution in [0.3, 0.4) is 0 Å². The fourth-order valence-electron chi connectivity index (χ4n) is 2.55. The van der Waals surface area contributed by atoms with Crippen molar-refractivity contribution in [2.45, 2.75) is 32.9 Å². The van der Waals surface area contributed by atoms with E-state index in [1.54, 1.807) is 0 Å². The molecular formula is C20H20F3NO3. The summed E-state index contributed by atoms with van der Waals surface area (Å²) in [6.07, 6.45) is -4.56. The van der Waals surface area contributed by atoms with Gasteiger partial charge in [-0.05, 0) is 42.2 Å². The molecule has 0 saturated carbocycles. The number of nitrogens with one attached hydrogen (secondary N) is 1. The second-order valence-electron chi connectivity index (χ2n) is 6.40. The molecule has 0 fully saturated rings. The van der Waals surface area contributed by atoms with Gasteiger partial charge in [0.25, 0.3) is 5.91 Å². The number of halogens is 3. The second-order valence-corrected chi connectivity index (χ2v) is 6.40. The van der Waals surface area contributed by atoms with E-state index in [9.17, 15) is 22.8 Å². The average Bonchev–Trinajstić information content (AvgIpc) is 2.60. The maximum absolute atomic E-state index is 12.7. The molecule has 0 aliphatic heterocycles. The Labute approximate surface area is 155 Å². The molecule has 27 heavy (non-hydrogen) atoms. The number of aryl methyl sites for hydroxylation is 1. The molecular weight excluding hydrogens is 359 g/mol. The highest BCUT2D eigenvalue weighted by molar-refractivity contribution is 5.96. The summed E-state index contributed by atoms with van der Waals surface area (Å²) in [5.74, 6) is -1.38. The minimum absolute atomic E-state index is 0.174. The van der Waals surface area contributed by atoms with Gasteiger partial charge in [-0.1, -0.05) is 38.1 Å². The van der Waals surface area contributed by atoms with Crippen molar-refractivity contribution in [3.63, 3.8) is 0 Å². The van der Waals surface area contributed by atoms with Gasteiger partial charge in [0.2, 0.25) is 0 Å². The number of rotatable bonds is 5. The number of benzene rings is 2. The predicted octanol–water partition coefficient (Wildman–Crippen LogP) is 4.93. The molecule has 7 heteroatoms. The van der Waals surface area contributed by atoms with Gasteiger partial charge in [-0.15, -0.1) is 0 Å². The minimum Gasteiger partial charge on any atom is -0.452 e. The summed E-state index contributed by atoms with van der Waals surface area (Å²) < 4.78 is 43.0. The number of para-hydroxylation sites is 1. The van der Waals surface area contributed by atoms with Crippen LogP contribution in [0, 0.1) is 6.92 Å². The van der Waals surface area contributed by atoms with E-state index in [1.807, 2.05) is 39.0 Å². The van der Waals surface area contributed by atoms with Crippen LogP contribution in [0.25, 0.3) is 0 Å². The third-order valence-corrected chi connectivity index (χ3v) is 3.95. The highest BCUT2D eigenvalue weighted by atomic mass is 19.4. The van der Waals surface area contributed by atoms with E-state index in [1.165, 1.54) is 6.07 Å². The summed E-state index contributed by atoms with van der Waals surface area (Å²) in [4.78, 5) is 24.1. The standard InChI is InChI=1S/C20H20F3NO3/c1-12(2)16-9-4-6-13(3)18(16)24-17(25)11-27-19(26)14-7-5-8-15(10-14)20(21,22)23/h4-10,12H,11H2,1-3H3,(H,24,25). The molecule has 2 aromatic carbocycles. The molecule has 0 spiro atoms. The van der Waals surface area contributed by atoms with E-state index in [-0.39, 0.29) is 11.5 Å². The van der Waals surface area contributed by atoms with E-state index < -0.39 is 30.2 Å². The van der Waals surface area contributed by atoms with Crippen LogP contribution >= 0.6 is 0 Å². The normalized spacial score (nSPS) is 11.4. The van der Waals surface area contributed by atoms with Crippen LogP contribution in [-0.2, 0) is 15.7 Å². The van der Waals surface area contributed by atoms with Crippen LogP contribution in [0.2, 0.25) is 0 Å². The van der Waals surface area contributed by atoms with Gasteiger partial charge in [-0.2, -0.15) is 13.2 Å². The van der Waals surface area contributed by atoms with Crippen LogP contribution in [0.1, 0.15) is 46.8 Å². The summed E-state index contributed by atoms with van der Waals surface area (Å²) >= 11 is 0. The summed E-state index contributed by atoms with van der Waals surface area (Å²) in [5.41, 5.74) is 1.22. The van der Waals surface area contributed by atoms with Crippen molar-refractivity contribution in [2.24, 2.45) is 0 Å². The molecule has 0 unspecified atom stereocenters. The number of carbonyl (C=O) groups excluding carboxylic acids is 2. The Kier molecular flexibility index (Phi) is 6.25. The highest BCUT2D eigenvalue weighted by Gasteiger charge is 2.31. The first-order valence-corrected chi connectivity index (χ1v) is 8.33. The number of ether oxygens (including phenoxy) is 1. The first-order valence-electron chi connectivity index (χ1n) is 8.33. The van der Waals surface area contributed by atoms with Crippen molar-refractivity contribution in [3.8, 4) is 0 Å². The number of anilines is 1. The Balaban J connectivity index is 2.04. The first kappa shape index (κ1) is 20.5. The molecule has 1 N–H and O–H groups in total. The molecule has 0 radical (unpaired) electrons. The maximum Gasteiger partial charge on any atom is 0.416 e. The van der Waals surface area contributed by atoms with Crippen molar-refractivity contribution < 1.29 is 27.5 Å². The third-order valence-electron chi connectivity index (χ3n) is 3.95.